The Morgan fingerprint density at radius 1 is 1.47 bits per heavy atom. The van der Waals surface area contributed by atoms with Crippen molar-refractivity contribution >= 4 is 0 Å². The first-order valence-electron chi connectivity index (χ1n) is 6.36. The van der Waals surface area contributed by atoms with Crippen LogP contribution >= 0.6 is 0 Å². The first-order chi connectivity index (χ1) is 8.03. The number of aromatic nitrogens is 2. The Balaban J connectivity index is 1.90. The summed E-state index contributed by atoms with van der Waals surface area (Å²) in [4.78, 5) is 4.22. The molecule has 1 aromatic rings. The first-order valence-corrected chi connectivity index (χ1v) is 6.36. The topological polar surface area (TPSA) is 39.1 Å². The van der Waals surface area contributed by atoms with E-state index < -0.39 is 0 Å². The summed E-state index contributed by atoms with van der Waals surface area (Å²) < 4.78 is 8.22. The number of imidazole rings is 1. The lowest BCUT2D eigenvalue weighted by Crippen LogP contribution is -2.62. The molecule has 1 N–H and O–H groups in total. The van der Waals surface area contributed by atoms with Crippen molar-refractivity contribution in [1.82, 2.24) is 14.9 Å². The normalized spacial score (nSPS) is 30.2. The molecule has 0 aromatic carbocycles. The smallest absolute Gasteiger partial charge is 0.0946 e. The highest BCUT2D eigenvalue weighted by Gasteiger charge is 2.56. The highest BCUT2D eigenvalue weighted by atomic mass is 16.5. The number of aryl methyl sites for hydroxylation is 1. The summed E-state index contributed by atoms with van der Waals surface area (Å²) in [6.45, 7) is 6.38. The highest BCUT2D eigenvalue weighted by Crippen LogP contribution is 2.56. The van der Waals surface area contributed by atoms with Gasteiger partial charge in [-0.1, -0.05) is 13.8 Å². The van der Waals surface area contributed by atoms with Gasteiger partial charge in [0.25, 0.3) is 0 Å². The van der Waals surface area contributed by atoms with Gasteiger partial charge < -0.3 is 14.6 Å². The van der Waals surface area contributed by atoms with Gasteiger partial charge in [0.15, 0.2) is 0 Å². The average molecular weight is 235 g/mol. The monoisotopic (exact) mass is 235 g/mol. The summed E-state index contributed by atoms with van der Waals surface area (Å²) in [6, 6.07) is 0.289. The molecule has 3 rings (SSSR count). The van der Waals surface area contributed by atoms with Gasteiger partial charge in [-0.25, -0.2) is 4.98 Å². The van der Waals surface area contributed by atoms with E-state index in [1.165, 1.54) is 5.69 Å². The number of nitrogens with one attached hydrogen (secondary N) is 1. The number of hydrogen-bond donors (Lipinski definition) is 1. The molecule has 1 unspecified atom stereocenters. The fraction of sp³-hybridized carbons (Fsp3) is 0.769. The van der Waals surface area contributed by atoms with Gasteiger partial charge >= 0.3 is 0 Å². The van der Waals surface area contributed by atoms with Crippen molar-refractivity contribution in [1.29, 1.82) is 0 Å². The largest absolute Gasteiger partial charge is 0.372 e. The number of rotatable bonds is 1. The van der Waals surface area contributed by atoms with Crippen molar-refractivity contribution in [2.24, 2.45) is 12.5 Å². The maximum absolute atomic E-state index is 6.12. The van der Waals surface area contributed by atoms with Gasteiger partial charge in [-0.2, -0.15) is 0 Å². The Bertz CT molecular complexity index is 416. The van der Waals surface area contributed by atoms with Crippen LogP contribution in [0.5, 0.6) is 0 Å². The third kappa shape index (κ3) is 1.70. The lowest BCUT2D eigenvalue weighted by Gasteiger charge is -2.58. The van der Waals surface area contributed by atoms with Gasteiger partial charge in [0, 0.05) is 19.8 Å². The van der Waals surface area contributed by atoms with E-state index in [-0.39, 0.29) is 11.6 Å². The molecule has 2 heterocycles. The minimum absolute atomic E-state index is 0.00442. The standard InChI is InChI=1S/C13H21N3O/c1-12(2)7-13(8-12)11(15-4-5-17-13)10-6-14-9-16(10)3/h6,9,11,15H,4-5,7-8H2,1-3H3. The number of nitrogens with zero attached hydrogens (tertiary/aromatic N) is 2. The van der Waals surface area contributed by atoms with Crippen molar-refractivity contribution in [3.63, 3.8) is 0 Å². The van der Waals surface area contributed by atoms with Crippen molar-refractivity contribution in [3.8, 4) is 0 Å². The maximum atomic E-state index is 6.12. The van der Waals surface area contributed by atoms with E-state index in [4.69, 9.17) is 4.74 Å². The second-order valence-electron chi connectivity index (χ2n) is 6.25. The summed E-state index contributed by atoms with van der Waals surface area (Å²) in [5, 5.41) is 3.61. The molecular weight excluding hydrogens is 214 g/mol. The second-order valence-corrected chi connectivity index (χ2v) is 6.25. The number of hydrogen-bond acceptors (Lipinski definition) is 3. The van der Waals surface area contributed by atoms with Crippen LogP contribution in [0.25, 0.3) is 0 Å². The van der Waals surface area contributed by atoms with Gasteiger partial charge in [-0.3, -0.25) is 0 Å². The second kappa shape index (κ2) is 3.56. The average Bonchev–Trinajstić information content (AvgIpc) is 2.62. The van der Waals surface area contributed by atoms with Crippen LogP contribution in [0, 0.1) is 5.41 Å². The summed E-state index contributed by atoms with van der Waals surface area (Å²) >= 11 is 0. The van der Waals surface area contributed by atoms with Crippen LogP contribution in [0.3, 0.4) is 0 Å². The Labute approximate surface area is 102 Å². The van der Waals surface area contributed by atoms with E-state index >= 15 is 0 Å². The van der Waals surface area contributed by atoms with E-state index in [0.717, 1.165) is 26.0 Å². The molecule has 1 aromatic heterocycles. The van der Waals surface area contributed by atoms with Crippen LogP contribution < -0.4 is 5.32 Å². The predicted molar refractivity (Wildman–Crippen MR) is 65.6 cm³/mol. The molecule has 1 spiro atoms. The van der Waals surface area contributed by atoms with Gasteiger partial charge in [0.05, 0.1) is 30.3 Å². The van der Waals surface area contributed by atoms with Crippen LogP contribution in [0.4, 0.5) is 0 Å². The molecule has 1 saturated carbocycles. The maximum Gasteiger partial charge on any atom is 0.0946 e. The van der Waals surface area contributed by atoms with Crippen LogP contribution in [-0.2, 0) is 11.8 Å². The van der Waals surface area contributed by atoms with E-state index in [9.17, 15) is 0 Å². The lowest BCUT2D eigenvalue weighted by molar-refractivity contribution is -0.196. The third-order valence-corrected chi connectivity index (χ3v) is 4.07. The quantitative estimate of drug-likeness (QED) is 0.804. The number of ether oxygens (including phenoxy) is 1. The Morgan fingerprint density at radius 2 is 2.24 bits per heavy atom. The molecule has 1 aliphatic heterocycles. The fourth-order valence-electron chi connectivity index (χ4n) is 3.62. The molecule has 94 valence electrons. The fourth-order valence-corrected chi connectivity index (χ4v) is 3.62. The van der Waals surface area contributed by atoms with E-state index in [0.29, 0.717) is 5.41 Å². The summed E-state index contributed by atoms with van der Waals surface area (Å²) in [5.74, 6) is 0. The zero-order chi connectivity index (χ0) is 12.1. The minimum atomic E-state index is -0.00442. The van der Waals surface area contributed by atoms with Gasteiger partial charge in [-0.15, -0.1) is 0 Å². The zero-order valence-corrected chi connectivity index (χ0v) is 10.9. The molecule has 0 bridgehead atoms. The van der Waals surface area contributed by atoms with E-state index in [1.807, 2.05) is 12.5 Å². The lowest BCUT2D eigenvalue weighted by atomic mass is 9.57. The summed E-state index contributed by atoms with van der Waals surface area (Å²) in [7, 11) is 2.05. The molecule has 4 nitrogen and oxygen atoms in total. The van der Waals surface area contributed by atoms with Crippen LogP contribution in [-0.4, -0.2) is 28.3 Å². The molecule has 0 radical (unpaired) electrons. The molecule has 2 aliphatic rings. The Kier molecular flexibility index (Phi) is 2.35. The molecular formula is C13H21N3O. The van der Waals surface area contributed by atoms with E-state index in [1.54, 1.807) is 0 Å². The molecule has 2 fully saturated rings. The molecule has 1 atom stereocenters. The minimum Gasteiger partial charge on any atom is -0.372 e. The number of morpholine rings is 1. The van der Waals surface area contributed by atoms with E-state index in [2.05, 4.69) is 35.8 Å². The molecule has 1 saturated heterocycles. The molecule has 1 aliphatic carbocycles. The first kappa shape index (κ1) is 11.2. The summed E-state index contributed by atoms with van der Waals surface area (Å²) in [6.07, 6.45) is 6.08. The van der Waals surface area contributed by atoms with Crippen molar-refractivity contribution < 1.29 is 4.74 Å². The SMILES string of the molecule is Cn1cncc1C1NCCOC12CC(C)(C)C2. The third-order valence-electron chi connectivity index (χ3n) is 4.07. The van der Waals surface area contributed by atoms with Gasteiger partial charge in [0.1, 0.15) is 0 Å². The molecule has 4 heteroatoms. The summed E-state index contributed by atoms with van der Waals surface area (Å²) in [5.41, 5.74) is 1.64. The van der Waals surface area contributed by atoms with Crippen molar-refractivity contribution in [3.05, 3.63) is 18.2 Å². The van der Waals surface area contributed by atoms with Crippen LogP contribution in [0.15, 0.2) is 12.5 Å². The van der Waals surface area contributed by atoms with Crippen molar-refractivity contribution in [2.45, 2.75) is 38.3 Å². The van der Waals surface area contributed by atoms with Crippen LogP contribution in [0.1, 0.15) is 38.4 Å². The zero-order valence-electron chi connectivity index (χ0n) is 10.9. The van der Waals surface area contributed by atoms with Crippen LogP contribution in [0.2, 0.25) is 0 Å². The molecule has 17 heavy (non-hydrogen) atoms. The van der Waals surface area contributed by atoms with Crippen molar-refractivity contribution in [2.75, 3.05) is 13.2 Å². The Morgan fingerprint density at radius 3 is 2.82 bits per heavy atom. The molecule has 0 amide bonds. The van der Waals surface area contributed by atoms with Gasteiger partial charge in [0.2, 0.25) is 0 Å². The highest BCUT2D eigenvalue weighted by molar-refractivity contribution is 5.19. The predicted octanol–water partition coefficient (Wildman–Crippen LogP) is 1.64. The van der Waals surface area contributed by atoms with Gasteiger partial charge in [-0.05, 0) is 18.3 Å². The Hall–Kier alpha value is -0.870.